The Bertz CT molecular complexity index is 737. The summed E-state index contributed by atoms with van der Waals surface area (Å²) in [5, 5.41) is 1.11. The van der Waals surface area contributed by atoms with Gasteiger partial charge >= 0.3 is 0 Å². The van der Waals surface area contributed by atoms with Gasteiger partial charge in [0.2, 0.25) is 0 Å². The maximum absolute atomic E-state index is 6.49. The van der Waals surface area contributed by atoms with E-state index in [1.54, 1.807) is 0 Å². The van der Waals surface area contributed by atoms with Crippen LogP contribution in [0.2, 0.25) is 10.0 Å². The molecule has 2 aromatic carbocycles. The molecule has 0 bridgehead atoms. The SMILES string of the molecule is CCCCOc1c(Cl)cc(C(C)(C)c2ccc(OCCCSCC)cc2)cc1Cl. The van der Waals surface area contributed by atoms with Crippen LogP contribution in [-0.2, 0) is 5.41 Å². The average molecular weight is 455 g/mol. The van der Waals surface area contributed by atoms with Crippen molar-refractivity contribution in [3.63, 3.8) is 0 Å². The largest absolute Gasteiger partial charge is 0.494 e. The Hall–Kier alpha value is -1.03. The molecule has 29 heavy (non-hydrogen) atoms. The molecule has 0 heterocycles. The van der Waals surface area contributed by atoms with Gasteiger partial charge in [0, 0.05) is 5.41 Å². The van der Waals surface area contributed by atoms with Gasteiger partial charge in [-0.3, -0.25) is 0 Å². The van der Waals surface area contributed by atoms with Crippen molar-refractivity contribution < 1.29 is 9.47 Å². The fraction of sp³-hybridized carbons (Fsp3) is 0.500. The van der Waals surface area contributed by atoms with Crippen molar-refractivity contribution in [2.75, 3.05) is 24.7 Å². The number of rotatable bonds is 12. The quantitative estimate of drug-likeness (QED) is 0.302. The molecule has 2 aromatic rings. The molecule has 160 valence electrons. The third-order valence-electron chi connectivity index (χ3n) is 4.95. The average Bonchev–Trinajstić information content (AvgIpc) is 2.70. The zero-order valence-corrected chi connectivity index (χ0v) is 20.2. The Labute approximate surface area is 190 Å². The van der Waals surface area contributed by atoms with Gasteiger partial charge in [-0.25, -0.2) is 0 Å². The summed E-state index contributed by atoms with van der Waals surface area (Å²) in [7, 11) is 0. The van der Waals surface area contributed by atoms with Crippen LogP contribution in [0.25, 0.3) is 0 Å². The summed E-state index contributed by atoms with van der Waals surface area (Å²) in [6.07, 6.45) is 3.11. The van der Waals surface area contributed by atoms with E-state index in [-0.39, 0.29) is 5.41 Å². The summed E-state index contributed by atoms with van der Waals surface area (Å²) in [6, 6.07) is 12.2. The minimum atomic E-state index is -0.245. The third kappa shape index (κ3) is 7.01. The minimum absolute atomic E-state index is 0.245. The van der Waals surface area contributed by atoms with Gasteiger partial charge in [-0.05, 0) is 59.7 Å². The van der Waals surface area contributed by atoms with Crippen molar-refractivity contribution in [1.82, 2.24) is 0 Å². The molecule has 0 spiro atoms. The second kappa shape index (κ2) is 12.0. The first-order chi connectivity index (χ1) is 13.9. The van der Waals surface area contributed by atoms with Crippen LogP contribution < -0.4 is 9.47 Å². The Morgan fingerprint density at radius 1 is 0.862 bits per heavy atom. The first kappa shape index (κ1) is 24.2. The highest BCUT2D eigenvalue weighted by Gasteiger charge is 2.25. The molecule has 0 N–H and O–H groups in total. The highest BCUT2D eigenvalue weighted by Crippen LogP contribution is 2.40. The summed E-state index contributed by atoms with van der Waals surface area (Å²) in [5.74, 6) is 3.78. The van der Waals surface area contributed by atoms with Gasteiger partial charge in [0.15, 0.2) is 5.75 Å². The normalized spacial score (nSPS) is 11.5. The number of halogens is 2. The molecule has 0 aliphatic rings. The Morgan fingerprint density at radius 2 is 1.48 bits per heavy atom. The van der Waals surface area contributed by atoms with Crippen molar-refractivity contribution in [1.29, 1.82) is 0 Å². The summed E-state index contributed by atoms with van der Waals surface area (Å²) in [4.78, 5) is 0. The summed E-state index contributed by atoms with van der Waals surface area (Å²) in [6.45, 7) is 10.0. The minimum Gasteiger partial charge on any atom is -0.494 e. The summed E-state index contributed by atoms with van der Waals surface area (Å²) in [5.41, 5.74) is 1.99. The van der Waals surface area contributed by atoms with Crippen molar-refractivity contribution >= 4 is 35.0 Å². The highest BCUT2D eigenvalue weighted by molar-refractivity contribution is 7.99. The fourth-order valence-electron chi connectivity index (χ4n) is 3.01. The van der Waals surface area contributed by atoms with Gasteiger partial charge in [-0.15, -0.1) is 0 Å². The molecule has 0 unspecified atom stereocenters. The lowest BCUT2D eigenvalue weighted by molar-refractivity contribution is 0.309. The van der Waals surface area contributed by atoms with E-state index in [0.29, 0.717) is 22.4 Å². The number of benzene rings is 2. The molecule has 0 amide bonds. The van der Waals surface area contributed by atoms with Crippen LogP contribution in [0.5, 0.6) is 11.5 Å². The number of hydrogen-bond acceptors (Lipinski definition) is 3. The smallest absolute Gasteiger partial charge is 0.156 e. The van der Waals surface area contributed by atoms with E-state index in [1.165, 1.54) is 5.56 Å². The van der Waals surface area contributed by atoms with Gasteiger partial charge in [0.1, 0.15) is 5.75 Å². The van der Waals surface area contributed by atoms with Gasteiger partial charge in [-0.2, -0.15) is 11.8 Å². The predicted molar refractivity (Wildman–Crippen MR) is 129 cm³/mol. The molecule has 2 rings (SSSR count). The van der Waals surface area contributed by atoms with E-state index in [2.05, 4.69) is 39.8 Å². The second-order valence-corrected chi connectivity index (χ2v) is 9.73. The van der Waals surface area contributed by atoms with Crippen LogP contribution in [-0.4, -0.2) is 24.7 Å². The molecule has 0 aromatic heterocycles. The zero-order valence-electron chi connectivity index (χ0n) is 17.9. The van der Waals surface area contributed by atoms with Gasteiger partial charge in [0.25, 0.3) is 0 Å². The number of thioether (sulfide) groups is 1. The van der Waals surface area contributed by atoms with Crippen molar-refractivity contribution in [2.24, 2.45) is 0 Å². The predicted octanol–water partition coefficient (Wildman–Crippen LogP) is 8.02. The first-order valence-corrected chi connectivity index (χ1v) is 12.2. The molecule has 5 heteroatoms. The molecule has 2 nitrogen and oxygen atoms in total. The first-order valence-electron chi connectivity index (χ1n) is 10.3. The number of hydrogen-bond donors (Lipinski definition) is 0. The molecule has 0 aliphatic heterocycles. The number of unbranched alkanes of at least 4 members (excludes halogenated alkanes) is 1. The Balaban J connectivity index is 2.09. The second-order valence-electron chi connectivity index (χ2n) is 7.52. The van der Waals surface area contributed by atoms with Crippen molar-refractivity contribution in [3.8, 4) is 11.5 Å². The van der Waals surface area contributed by atoms with Crippen LogP contribution in [0.15, 0.2) is 36.4 Å². The lowest BCUT2D eigenvalue weighted by atomic mass is 9.78. The van der Waals surface area contributed by atoms with Crippen LogP contribution in [0.1, 0.15) is 58.1 Å². The molecular formula is C24H32Cl2O2S. The van der Waals surface area contributed by atoms with Crippen LogP contribution in [0.4, 0.5) is 0 Å². The lowest BCUT2D eigenvalue weighted by Crippen LogP contribution is -2.19. The van der Waals surface area contributed by atoms with Crippen LogP contribution >= 0.6 is 35.0 Å². The van der Waals surface area contributed by atoms with Crippen molar-refractivity contribution in [2.45, 2.75) is 52.4 Å². The van der Waals surface area contributed by atoms with Crippen LogP contribution in [0, 0.1) is 0 Å². The maximum atomic E-state index is 6.49. The fourth-order valence-corrected chi connectivity index (χ4v) is 4.21. The third-order valence-corrected chi connectivity index (χ3v) is 6.49. The van der Waals surface area contributed by atoms with Gasteiger partial charge < -0.3 is 9.47 Å². The topological polar surface area (TPSA) is 18.5 Å². The molecule has 0 fully saturated rings. The van der Waals surface area contributed by atoms with E-state index in [4.69, 9.17) is 32.7 Å². The zero-order chi connectivity index (χ0) is 21.3. The van der Waals surface area contributed by atoms with E-state index in [1.807, 2.05) is 36.0 Å². The Morgan fingerprint density at radius 3 is 2.07 bits per heavy atom. The molecule has 0 saturated carbocycles. The maximum Gasteiger partial charge on any atom is 0.156 e. The molecule has 0 saturated heterocycles. The van der Waals surface area contributed by atoms with Gasteiger partial charge in [0.05, 0.1) is 23.3 Å². The monoisotopic (exact) mass is 454 g/mol. The van der Waals surface area contributed by atoms with Crippen molar-refractivity contribution in [3.05, 3.63) is 57.6 Å². The lowest BCUT2D eigenvalue weighted by Gasteiger charge is -2.27. The van der Waals surface area contributed by atoms with Gasteiger partial charge in [-0.1, -0.05) is 69.5 Å². The highest BCUT2D eigenvalue weighted by atomic mass is 35.5. The number of ether oxygens (including phenoxy) is 2. The molecule has 0 radical (unpaired) electrons. The molecule has 0 atom stereocenters. The van der Waals surface area contributed by atoms with E-state index >= 15 is 0 Å². The van der Waals surface area contributed by atoms with Crippen LogP contribution in [0.3, 0.4) is 0 Å². The summed E-state index contributed by atoms with van der Waals surface area (Å²) >= 11 is 14.9. The van der Waals surface area contributed by atoms with E-state index in [9.17, 15) is 0 Å². The Kier molecular flexibility index (Phi) is 10.0. The van der Waals surface area contributed by atoms with E-state index < -0.39 is 0 Å². The standard InChI is InChI=1S/C24H32Cl2O2S/c1-5-7-13-28-23-21(25)16-19(17-22(23)26)24(3,4)18-9-11-20(12-10-18)27-14-8-15-29-6-2/h9-12,16-17H,5-8,13-15H2,1-4H3. The van der Waals surface area contributed by atoms with E-state index in [0.717, 1.165) is 48.7 Å². The summed E-state index contributed by atoms with van der Waals surface area (Å²) < 4.78 is 11.6. The molecular weight excluding hydrogens is 423 g/mol. The molecule has 0 aliphatic carbocycles.